The van der Waals surface area contributed by atoms with Gasteiger partial charge >= 0.3 is 0 Å². The average Bonchev–Trinajstić information content (AvgIpc) is 2.61. The van der Waals surface area contributed by atoms with Crippen molar-refractivity contribution in [2.75, 3.05) is 0 Å². The van der Waals surface area contributed by atoms with Crippen molar-refractivity contribution in [1.29, 1.82) is 0 Å². The molecule has 0 aliphatic carbocycles. The van der Waals surface area contributed by atoms with E-state index in [0.29, 0.717) is 12.1 Å². The number of hydrogen-bond acceptors (Lipinski definition) is 2. The number of aryl methyl sites for hydroxylation is 2. The zero-order valence-electron chi connectivity index (χ0n) is 13.9. The number of carbonyl (C=O) groups is 1. The van der Waals surface area contributed by atoms with Gasteiger partial charge in [-0.2, -0.15) is 0 Å². The predicted molar refractivity (Wildman–Crippen MR) is 96.8 cm³/mol. The minimum Gasteiger partial charge on any atom is -0.348 e. The zero-order valence-corrected chi connectivity index (χ0v) is 13.9. The van der Waals surface area contributed by atoms with Crippen molar-refractivity contribution in [3.63, 3.8) is 0 Å². The van der Waals surface area contributed by atoms with Crippen LogP contribution >= 0.6 is 0 Å². The largest absolute Gasteiger partial charge is 0.348 e. The van der Waals surface area contributed by atoms with E-state index in [0.717, 1.165) is 16.8 Å². The number of benzene rings is 2. The van der Waals surface area contributed by atoms with Crippen LogP contribution < -0.4 is 5.32 Å². The number of nitrogens with zero attached hydrogens (tertiary/aromatic N) is 1. The molecule has 1 heterocycles. The molecule has 2 aromatic carbocycles. The lowest BCUT2D eigenvalue weighted by Gasteiger charge is -2.07. The third-order valence-corrected chi connectivity index (χ3v) is 3.91. The van der Waals surface area contributed by atoms with Crippen molar-refractivity contribution in [2.24, 2.45) is 0 Å². The lowest BCUT2D eigenvalue weighted by molar-refractivity contribution is 0.0950. The van der Waals surface area contributed by atoms with Crippen LogP contribution in [0.5, 0.6) is 0 Å². The van der Waals surface area contributed by atoms with E-state index in [1.807, 2.05) is 55.5 Å². The number of aromatic nitrogens is 1. The van der Waals surface area contributed by atoms with Gasteiger partial charge in [-0.25, -0.2) is 0 Å². The molecule has 3 heteroatoms. The Morgan fingerprint density at radius 2 is 1.75 bits per heavy atom. The minimum absolute atomic E-state index is 0.112. The van der Waals surface area contributed by atoms with Crippen LogP contribution in [0.25, 0.3) is 11.3 Å². The molecular formula is C21H20N2O. The van der Waals surface area contributed by atoms with Crippen LogP contribution in [0, 0.1) is 13.8 Å². The quantitative estimate of drug-likeness (QED) is 0.780. The molecule has 1 N–H and O–H groups in total. The van der Waals surface area contributed by atoms with Gasteiger partial charge in [0.2, 0.25) is 0 Å². The van der Waals surface area contributed by atoms with Crippen LogP contribution in [0.2, 0.25) is 0 Å². The molecule has 3 aromatic rings. The maximum Gasteiger partial charge on any atom is 0.253 e. The van der Waals surface area contributed by atoms with Crippen molar-refractivity contribution in [1.82, 2.24) is 10.3 Å². The second-order valence-corrected chi connectivity index (χ2v) is 5.97. The van der Waals surface area contributed by atoms with Gasteiger partial charge < -0.3 is 5.32 Å². The van der Waals surface area contributed by atoms with Gasteiger partial charge in [-0.1, -0.05) is 53.6 Å². The number of carbonyl (C=O) groups excluding carboxylic acids is 1. The first-order chi connectivity index (χ1) is 11.6. The molecule has 1 amide bonds. The summed E-state index contributed by atoms with van der Waals surface area (Å²) in [4.78, 5) is 16.7. The van der Waals surface area contributed by atoms with E-state index in [2.05, 4.69) is 29.4 Å². The molecule has 0 radical (unpaired) electrons. The molecule has 24 heavy (non-hydrogen) atoms. The first-order valence-corrected chi connectivity index (χ1v) is 7.99. The van der Waals surface area contributed by atoms with Crippen molar-refractivity contribution in [3.8, 4) is 11.3 Å². The number of nitrogens with one attached hydrogen (secondary N) is 1. The molecule has 0 saturated carbocycles. The van der Waals surface area contributed by atoms with Crippen molar-refractivity contribution >= 4 is 5.91 Å². The third-order valence-electron chi connectivity index (χ3n) is 3.91. The minimum atomic E-state index is -0.112. The molecule has 0 bridgehead atoms. The summed E-state index contributed by atoms with van der Waals surface area (Å²) in [6.45, 7) is 4.61. The Hall–Kier alpha value is -2.94. The van der Waals surface area contributed by atoms with Gasteiger partial charge in [0, 0.05) is 18.3 Å². The summed E-state index contributed by atoms with van der Waals surface area (Å²) in [5, 5.41) is 2.92. The van der Waals surface area contributed by atoms with Crippen LogP contribution in [0.4, 0.5) is 0 Å². The zero-order chi connectivity index (χ0) is 16.9. The van der Waals surface area contributed by atoms with Gasteiger partial charge in [-0.15, -0.1) is 0 Å². The van der Waals surface area contributed by atoms with Crippen molar-refractivity contribution in [3.05, 3.63) is 89.1 Å². The molecule has 0 unspecified atom stereocenters. The molecule has 1 aromatic heterocycles. The van der Waals surface area contributed by atoms with E-state index in [9.17, 15) is 4.79 Å². The summed E-state index contributed by atoms with van der Waals surface area (Å²) in [7, 11) is 0. The highest BCUT2D eigenvalue weighted by atomic mass is 16.1. The summed E-state index contributed by atoms with van der Waals surface area (Å²) in [6, 6.07) is 20.0. The van der Waals surface area contributed by atoms with E-state index in [4.69, 9.17) is 0 Å². The summed E-state index contributed by atoms with van der Waals surface area (Å²) < 4.78 is 0. The topological polar surface area (TPSA) is 42.0 Å². The Bertz CT molecular complexity index is 836. The second-order valence-electron chi connectivity index (χ2n) is 5.97. The van der Waals surface area contributed by atoms with E-state index in [-0.39, 0.29) is 5.91 Å². The normalized spacial score (nSPS) is 10.4. The first kappa shape index (κ1) is 15.9. The molecule has 0 spiro atoms. The fourth-order valence-corrected chi connectivity index (χ4v) is 2.49. The van der Waals surface area contributed by atoms with Crippen LogP contribution in [0.3, 0.4) is 0 Å². The molecule has 3 nitrogen and oxygen atoms in total. The number of rotatable bonds is 4. The highest BCUT2D eigenvalue weighted by Crippen LogP contribution is 2.18. The van der Waals surface area contributed by atoms with E-state index in [1.54, 1.807) is 6.20 Å². The van der Waals surface area contributed by atoms with Crippen LogP contribution in [0.1, 0.15) is 27.0 Å². The van der Waals surface area contributed by atoms with Crippen LogP contribution in [-0.2, 0) is 6.54 Å². The number of pyridine rings is 1. The Morgan fingerprint density at radius 3 is 2.42 bits per heavy atom. The fraction of sp³-hybridized carbons (Fsp3) is 0.143. The molecule has 0 fully saturated rings. The second kappa shape index (κ2) is 7.09. The molecule has 0 atom stereocenters. The van der Waals surface area contributed by atoms with Crippen molar-refractivity contribution in [2.45, 2.75) is 20.4 Å². The van der Waals surface area contributed by atoms with Crippen molar-refractivity contribution < 1.29 is 4.79 Å². The van der Waals surface area contributed by atoms with Gasteiger partial charge in [0.05, 0.1) is 11.3 Å². The van der Waals surface area contributed by atoms with Gasteiger partial charge in [-0.05, 0) is 37.6 Å². The predicted octanol–water partition coefficient (Wildman–Crippen LogP) is 4.30. The lowest BCUT2D eigenvalue weighted by atomic mass is 10.1. The van der Waals surface area contributed by atoms with Gasteiger partial charge in [0.1, 0.15) is 0 Å². The summed E-state index contributed by atoms with van der Waals surface area (Å²) in [6.07, 6.45) is 1.63. The van der Waals surface area contributed by atoms with Crippen LogP contribution in [-0.4, -0.2) is 10.9 Å². The standard InChI is InChI=1S/C21H20N2O/c1-15-6-8-17(9-7-15)13-23-21(24)19-10-11-20(22-14-19)18-5-3-4-16(2)12-18/h3-12,14H,13H2,1-2H3,(H,23,24). The summed E-state index contributed by atoms with van der Waals surface area (Å²) in [5.41, 5.74) is 5.97. The average molecular weight is 316 g/mol. The highest BCUT2D eigenvalue weighted by molar-refractivity contribution is 5.94. The molecule has 3 rings (SSSR count). The Balaban J connectivity index is 1.66. The first-order valence-electron chi connectivity index (χ1n) is 7.99. The smallest absolute Gasteiger partial charge is 0.253 e. The van der Waals surface area contributed by atoms with Gasteiger partial charge in [-0.3, -0.25) is 9.78 Å². The maximum atomic E-state index is 12.2. The lowest BCUT2D eigenvalue weighted by Crippen LogP contribution is -2.22. The Labute approximate surface area is 142 Å². The number of amides is 1. The Kier molecular flexibility index (Phi) is 4.71. The monoisotopic (exact) mass is 316 g/mol. The maximum absolute atomic E-state index is 12.2. The van der Waals surface area contributed by atoms with Crippen LogP contribution in [0.15, 0.2) is 66.9 Å². The molecule has 0 aliphatic heterocycles. The molecule has 120 valence electrons. The summed E-state index contributed by atoms with van der Waals surface area (Å²) in [5.74, 6) is -0.112. The van der Waals surface area contributed by atoms with E-state index in [1.165, 1.54) is 11.1 Å². The summed E-state index contributed by atoms with van der Waals surface area (Å²) >= 11 is 0. The van der Waals surface area contributed by atoms with E-state index >= 15 is 0 Å². The molecule has 0 aliphatic rings. The third kappa shape index (κ3) is 3.87. The van der Waals surface area contributed by atoms with Gasteiger partial charge in [0.25, 0.3) is 5.91 Å². The highest BCUT2D eigenvalue weighted by Gasteiger charge is 2.07. The van der Waals surface area contributed by atoms with E-state index < -0.39 is 0 Å². The SMILES string of the molecule is Cc1ccc(CNC(=O)c2ccc(-c3cccc(C)c3)nc2)cc1. The molecular weight excluding hydrogens is 296 g/mol. The number of hydrogen-bond donors (Lipinski definition) is 1. The fourth-order valence-electron chi connectivity index (χ4n) is 2.49. The molecule has 0 saturated heterocycles. The Morgan fingerprint density at radius 1 is 0.958 bits per heavy atom. The van der Waals surface area contributed by atoms with Gasteiger partial charge in [0.15, 0.2) is 0 Å².